The highest BCUT2D eigenvalue weighted by Crippen LogP contribution is 2.35. The van der Waals surface area contributed by atoms with Crippen molar-refractivity contribution in [3.63, 3.8) is 0 Å². The van der Waals surface area contributed by atoms with Gasteiger partial charge in [0.1, 0.15) is 11.9 Å². The van der Waals surface area contributed by atoms with Gasteiger partial charge < -0.3 is 19.7 Å². The van der Waals surface area contributed by atoms with Gasteiger partial charge in [-0.15, -0.1) is 0 Å². The van der Waals surface area contributed by atoms with Crippen LogP contribution in [0.25, 0.3) is 0 Å². The van der Waals surface area contributed by atoms with Gasteiger partial charge in [0.2, 0.25) is 5.91 Å². The summed E-state index contributed by atoms with van der Waals surface area (Å²) in [6, 6.07) is 3.68. The van der Waals surface area contributed by atoms with E-state index in [1.165, 1.54) is 17.0 Å². The molecule has 3 rings (SSSR count). The van der Waals surface area contributed by atoms with Gasteiger partial charge in [-0.25, -0.2) is 9.18 Å². The first-order chi connectivity index (χ1) is 14.9. The number of amides is 4. The number of carboxylic acid groups (broad SMARTS) is 1. The molecule has 2 aliphatic rings. The van der Waals surface area contributed by atoms with Crippen LogP contribution in [0.5, 0.6) is 0 Å². The standard InChI is InChI=1S/C23H30FN3O5/c1-14(2)27-21(31)20-17(26(22(27)32)13-15-6-5-7-16(24)10-15)8-9-25(20)18(28)11-23(3,4)12-19(29)30/h5-7,10,14,17,20H,8-9,11-13H2,1-4H3,(H,29,30)/p-1/t17-,20+/m1/s1. The molecule has 0 N–H and O–H groups in total. The Kier molecular flexibility index (Phi) is 6.57. The number of urea groups is 1. The lowest BCUT2D eigenvalue weighted by atomic mass is 9.85. The lowest BCUT2D eigenvalue weighted by molar-refractivity contribution is -0.307. The summed E-state index contributed by atoms with van der Waals surface area (Å²) in [5.74, 6) is -2.43. The Bertz CT molecular complexity index is 932. The van der Waals surface area contributed by atoms with Crippen LogP contribution in [0.3, 0.4) is 0 Å². The van der Waals surface area contributed by atoms with Crippen molar-refractivity contribution in [1.82, 2.24) is 14.7 Å². The summed E-state index contributed by atoms with van der Waals surface area (Å²) in [5, 5.41) is 11.0. The summed E-state index contributed by atoms with van der Waals surface area (Å²) in [7, 11) is 0. The minimum atomic E-state index is -1.24. The lowest BCUT2D eigenvalue weighted by Gasteiger charge is -2.45. The van der Waals surface area contributed by atoms with Crippen molar-refractivity contribution in [2.75, 3.05) is 6.54 Å². The number of carbonyl (C=O) groups excluding carboxylic acids is 4. The minimum absolute atomic E-state index is 0.0585. The highest BCUT2D eigenvalue weighted by atomic mass is 19.1. The average Bonchev–Trinajstić information content (AvgIpc) is 3.09. The number of rotatable bonds is 7. The average molecular weight is 446 g/mol. The predicted octanol–water partition coefficient (Wildman–Crippen LogP) is 1.52. The van der Waals surface area contributed by atoms with Crippen molar-refractivity contribution < 1.29 is 28.7 Å². The highest BCUT2D eigenvalue weighted by molar-refractivity contribution is 6.02. The first kappa shape index (κ1) is 23.7. The van der Waals surface area contributed by atoms with E-state index >= 15 is 0 Å². The number of likely N-dealkylation sites (tertiary alicyclic amines) is 1. The second-order valence-electron chi connectivity index (χ2n) is 9.62. The van der Waals surface area contributed by atoms with Crippen molar-refractivity contribution in [3.05, 3.63) is 35.6 Å². The molecule has 2 atom stereocenters. The third-order valence-corrected chi connectivity index (χ3v) is 6.04. The van der Waals surface area contributed by atoms with E-state index in [4.69, 9.17) is 0 Å². The van der Waals surface area contributed by atoms with Crippen LogP contribution in [0.15, 0.2) is 24.3 Å². The largest absolute Gasteiger partial charge is 0.550 e. The minimum Gasteiger partial charge on any atom is -0.550 e. The molecule has 9 heteroatoms. The van der Waals surface area contributed by atoms with Gasteiger partial charge in [0.05, 0.1) is 6.04 Å². The number of aliphatic carboxylic acids is 1. The fraction of sp³-hybridized carbons (Fsp3) is 0.565. The second kappa shape index (κ2) is 8.88. The van der Waals surface area contributed by atoms with Gasteiger partial charge in [-0.1, -0.05) is 26.0 Å². The number of imide groups is 1. The maximum atomic E-state index is 13.7. The number of nitrogens with zero attached hydrogens (tertiary/aromatic N) is 3. The van der Waals surface area contributed by atoms with Gasteiger partial charge >= 0.3 is 6.03 Å². The van der Waals surface area contributed by atoms with Gasteiger partial charge in [-0.2, -0.15) is 0 Å². The molecule has 2 fully saturated rings. The Labute approximate surface area is 187 Å². The molecule has 32 heavy (non-hydrogen) atoms. The SMILES string of the molecule is CC(C)N1C(=O)[C@@H]2[C@@H](CCN2C(=O)CC(C)(C)CC(=O)[O-])N(Cc2cccc(F)c2)C1=O. The quantitative estimate of drug-likeness (QED) is 0.632. The molecule has 0 unspecified atom stereocenters. The third kappa shape index (κ3) is 4.76. The monoisotopic (exact) mass is 446 g/mol. The Morgan fingerprint density at radius 2 is 1.91 bits per heavy atom. The molecule has 0 bridgehead atoms. The van der Waals surface area contributed by atoms with E-state index in [2.05, 4.69) is 0 Å². The first-order valence-corrected chi connectivity index (χ1v) is 10.8. The molecule has 4 amide bonds. The summed E-state index contributed by atoms with van der Waals surface area (Å²) in [4.78, 5) is 54.8. The molecule has 2 heterocycles. The van der Waals surface area contributed by atoms with E-state index in [1.54, 1.807) is 44.7 Å². The zero-order valence-corrected chi connectivity index (χ0v) is 18.8. The van der Waals surface area contributed by atoms with Gasteiger partial charge in [0.25, 0.3) is 5.91 Å². The fourth-order valence-corrected chi connectivity index (χ4v) is 4.65. The Hall–Kier alpha value is -2.97. The maximum Gasteiger partial charge on any atom is 0.327 e. The molecule has 1 aromatic carbocycles. The Morgan fingerprint density at radius 3 is 2.50 bits per heavy atom. The molecule has 174 valence electrons. The third-order valence-electron chi connectivity index (χ3n) is 6.04. The summed E-state index contributed by atoms with van der Waals surface area (Å²) in [6.45, 7) is 7.17. The van der Waals surface area contributed by atoms with Crippen molar-refractivity contribution in [2.45, 2.75) is 71.6 Å². The van der Waals surface area contributed by atoms with E-state index in [-0.39, 0.29) is 31.8 Å². The van der Waals surface area contributed by atoms with Gasteiger partial charge in [-0.3, -0.25) is 14.5 Å². The molecule has 0 radical (unpaired) electrons. The summed E-state index contributed by atoms with van der Waals surface area (Å²) in [5.41, 5.74) is -0.240. The van der Waals surface area contributed by atoms with Crippen LogP contribution in [-0.4, -0.2) is 63.2 Å². The molecular weight excluding hydrogens is 417 g/mol. The number of carboxylic acids is 1. The molecule has 8 nitrogen and oxygen atoms in total. The summed E-state index contributed by atoms with van der Waals surface area (Å²) < 4.78 is 13.7. The van der Waals surface area contributed by atoms with Gasteiger partial charge in [0.15, 0.2) is 0 Å². The predicted molar refractivity (Wildman–Crippen MR) is 111 cm³/mol. The van der Waals surface area contributed by atoms with Crippen molar-refractivity contribution in [1.29, 1.82) is 0 Å². The first-order valence-electron chi connectivity index (χ1n) is 10.8. The second-order valence-corrected chi connectivity index (χ2v) is 9.62. The summed E-state index contributed by atoms with van der Waals surface area (Å²) >= 11 is 0. The number of benzene rings is 1. The fourth-order valence-electron chi connectivity index (χ4n) is 4.65. The van der Waals surface area contributed by atoms with E-state index < -0.39 is 47.3 Å². The normalized spacial score (nSPS) is 21.4. The number of hydrogen-bond donors (Lipinski definition) is 0. The van der Waals surface area contributed by atoms with E-state index in [0.29, 0.717) is 12.0 Å². The molecule has 1 aromatic rings. The molecule has 0 spiro atoms. The maximum absolute atomic E-state index is 13.7. The van der Waals surface area contributed by atoms with Gasteiger partial charge in [0, 0.05) is 31.5 Å². The van der Waals surface area contributed by atoms with Crippen molar-refractivity contribution in [2.24, 2.45) is 5.41 Å². The van der Waals surface area contributed by atoms with Crippen LogP contribution in [0.4, 0.5) is 9.18 Å². The van der Waals surface area contributed by atoms with Crippen LogP contribution >= 0.6 is 0 Å². The van der Waals surface area contributed by atoms with Crippen molar-refractivity contribution in [3.8, 4) is 0 Å². The van der Waals surface area contributed by atoms with Crippen LogP contribution in [0.1, 0.15) is 52.5 Å². The van der Waals surface area contributed by atoms with Crippen LogP contribution in [0.2, 0.25) is 0 Å². The summed E-state index contributed by atoms with van der Waals surface area (Å²) in [6.07, 6.45) is 0.0734. The number of hydrogen-bond acceptors (Lipinski definition) is 5. The number of halogens is 1. The van der Waals surface area contributed by atoms with Crippen LogP contribution in [0, 0.1) is 11.2 Å². The molecule has 2 saturated heterocycles. The number of carbonyl (C=O) groups is 4. The Balaban J connectivity index is 1.89. The van der Waals surface area contributed by atoms with Crippen molar-refractivity contribution >= 4 is 23.8 Å². The van der Waals surface area contributed by atoms with E-state index in [9.17, 15) is 28.7 Å². The number of fused-ring (bicyclic) bond motifs is 1. The molecule has 0 aromatic heterocycles. The lowest BCUT2D eigenvalue weighted by Crippen LogP contribution is -2.67. The van der Waals surface area contributed by atoms with Crippen LogP contribution in [-0.2, 0) is 20.9 Å². The topological polar surface area (TPSA) is 101 Å². The Morgan fingerprint density at radius 1 is 1.22 bits per heavy atom. The highest BCUT2D eigenvalue weighted by Gasteiger charge is 2.53. The zero-order valence-electron chi connectivity index (χ0n) is 18.8. The molecule has 2 aliphatic heterocycles. The molecule has 0 aliphatic carbocycles. The smallest absolute Gasteiger partial charge is 0.327 e. The van der Waals surface area contributed by atoms with E-state index in [0.717, 1.165) is 4.90 Å². The molecular formula is C23H29FN3O5-. The zero-order chi connectivity index (χ0) is 23.8. The van der Waals surface area contributed by atoms with Gasteiger partial charge in [-0.05, 0) is 49.8 Å². The van der Waals surface area contributed by atoms with E-state index in [1.807, 2.05) is 0 Å². The molecule has 0 saturated carbocycles. The van der Waals surface area contributed by atoms with Crippen LogP contribution < -0.4 is 5.11 Å².